The number of amides is 1. The first-order chi connectivity index (χ1) is 19.2. The van der Waals surface area contributed by atoms with Crippen LogP contribution in [0.15, 0.2) is 54.9 Å². The summed E-state index contributed by atoms with van der Waals surface area (Å²) >= 11 is 0. The molecule has 1 aliphatic rings. The van der Waals surface area contributed by atoms with Gasteiger partial charge in [0.2, 0.25) is 0 Å². The first-order valence-corrected chi connectivity index (χ1v) is 12.9. The van der Waals surface area contributed by atoms with Crippen LogP contribution in [-0.2, 0) is 11.0 Å². The number of aromatic nitrogens is 2. The topological polar surface area (TPSA) is 87.5 Å². The van der Waals surface area contributed by atoms with Crippen LogP contribution in [0.3, 0.4) is 0 Å². The number of aliphatic carboxylic acids is 1. The van der Waals surface area contributed by atoms with Crippen LogP contribution in [0.25, 0.3) is 5.69 Å². The van der Waals surface area contributed by atoms with E-state index < -0.39 is 42.3 Å². The number of carbonyl (C=O) groups is 2. The Hall–Kier alpha value is -4.03. The largest absolute Gasteiger partial charge is 0.481 e. The van der Waals surface area contributed by atoms with Crippen molar-refractivity contribution in [3.8, 4) is 5.69 Å². The highest BCUT2D eigenvalue weighted by Gasteiger charge is 2.33. The number of aryl methyl sites for hydroxylation is 1. The molecule has 2 aromatic carbocycles. The van der Waals surface area contributed by atoms with E-state index in [1.807, 2.05) is 0 Å². The van der Waals surface area contributed by atoms with E-state index in [4.69, 9.17) is 0 Å². The molecule has 41 heavy (non-hydrogen) atoms. The molecule has 3 aromatic rings. The number of nitrogens with one attached hydrogen (secondary N) is 1. The predicted octanol–water partition coefficient (Wildman–Crippen LogP) is 6.63. The number of likely N-dealkylation sites (tertiary alicyclic amines) is 1. The average Bonchev–Trinajstić information content (AvgIpc) is 3.42. The zero-order valence-electron chi connectivity index (χ0n) is 22.0. The molecule has 0 radical (unpaired) electrons. The second kappa shape index (κ2) is 11.8. The number of rotatable bonds is 8. The summed E-state index contributed by atoms with van der Waals surface area (Å²) in [6.07, 6.45) is -7.75. The quantitative estimate of drug-likeness (QED) is 0.291. The van der Waals surface area contributed by atoms with Crippen molar-refractivity contribution in [2.24, 2.45) is 5.92 Å². The highest BCUT2D eigenvalue weighted by Crippen LogP contribution is 2.33. The van der Waals surface area contributed by atoms with Gasteiger partial charge >= 0.3 is 18.3 Å². The van der Waals surface area contributed by atoms with Gasteiger partial charge in [0.05, 0.1) is 29.4 Å². The Balaban J connectivity index is 1.53. The maximum Gasteiger partial charge on any atom is 0.419 e. The molecule has 7 nitrogen and oxygen atoms in total. The van der Waals surface area contributed by atoms with Gasteiger partial charge in [0.15, 0.2) is 0 Å². The molecule has 0 saturated carbocycles. The molecular weight excluding hydrogens is 554 g/mol. The summed E-state index contributed by atoms with van der Waals surface area (Å²) in [6.45, 7) is 2.20. The lowest BCUT2D eigenvalue weighted by Crippen LogP contribution is -2.42. The van der Waals surface area contributed by atoms with Crippen molar-refractivity contribution in [2.75, 3.05) is 18.4 Å². The summed E-state index contributed by atoms with van der Waals surface area (Å²) in [6, 6.07) is 9.99. The third kappa shape index (κ3) is 7.59. The Bertz CT molecular complexity index is 1380. The van der Waals surface area contributed by atoms with Crippen molar-refractivity contribution in [1.82, 2.24) is 14.7 Å². The molecule has 2 heterocycles. The first-order valence-electron chi connectivity index (χ1n) is 12.9. The van der Waals surface area contributed by atoms with Gasteiger partial charge in [-0.25, -0.2) is 4.68 Å². The van der Waals surface area contributed by atoms with Crippen molar-refractivity contribution in [3.63, 3.8) is 0 Å². The van der Waals surface area contributed by atoms with E-state index in [0.29, 0.717) is 53.6 Å². The van der Waals surface area contributed by atoms with Crippen LogP contribution >= 0.6 is 0 Å². The number of carbonyl (C=O) groups excluding carboxylic acids is 1. The minimum atomic E-state index is -4.56. The zero-order valence-corrected chi connectivity index (χ0v) is 22.0. The summed E-state index contributed by atoms with van der Waals surface area (Å²) in [5.41, 5.74) is 1.26. The smallest absolute Gasteiger partial charge is 0.419 e. The van der Waals surface area contributed by atoms with Crippen molar-refractivity contribution in [2.45, 2.75) is 51.0 Å². The third-order valence-electron chi connectivity index (χ3n) is 7.05. The van der Waals surface area contributed by atoms with Gasteiger partial charge in [0.25, 0.3) is 5.91 Å². The van der Waals surface area contributed by atoms with Crippen LogP contribution in [0.5, 0.6) is 0 Å². The van der Waals surface area contributed by atoms with Crippen molar-refractivity contribution in [3.05, 3.63) is 77.1 Å². The number of carboxylic acids is 1. The minimum Gasteiger partial charge on any atom is -0.481 e. The van der Waals surface area contributed by atoms with E-state index in [1.165, 1.54) is 23.1 Å². The Labute approximate surface area is 231 Å². The van der Waals surface area contributed by atoms with E-state index in [2.05, 4.69) is 10.4 Å². The number of alkyl halides is 6. The second-order valence-electron chi connectivity index (χ2n) is 10.1. The highest BCUT2D eigenvalue weighted by atomic mass is 19.4. The molecule has 2 atom stereocenters. The molecule has 2 N–H and O–H groups in total. The Kier molecular flexibility index (Phi) is 8.64. The van der Waals surface area contributed by atoms with E-state index in [9.17, 15) is 41.0 Å². The number of piperidine rings is 1. The zero-order chi connectivity index (χ0) is 29.9. The number of hydrogen-bond donors (Lipinski definition) is 2. The fourth-order valence-corrected chi connectivity index (χ4v) is 4.87. The summed E-state index contributed by atoms with van der Waals surface area (Å²) in [7, 11) is 0. The third-order valence-corrected chi connectivity index (χ3v) is 7.05. The molecule has 220 valence electrons. The average molecular weight is 583 g/mol. The van der Waals surface area contributed by atoms with Gasteiger partial charge in [-0.05, 0) is 73.7 Å². The lowest BCUT2D eigenvalue weighted by Gasteiger charge is -2.30. The maximum atomic E-state index is 13.1. The van der Waals surface area contributed by atoms with Crippen LogP contribution in [0.2, 0.25) is 0 Å². The van der Waals surface area contributed by atoms with Crippen LogP contribution < -0.4 is 5.32 Å². The molecule has 4 rings (SSSR count). The fraction of sp³-hybridized carbons (Fsp3) is 0.393. The van der Waals surface area contributed by atoms with Crippen molar-refractivity contribution < 1.29 is 41.0 Å². The molecule has 0 aliphatic carbocycles. The molecular formula is C28H28F6N4O3. The fourth-order valence-electron chi connectivity index (χ4n) is 4.87. The minimum absolute atomic E-state index is 0.110. The number of anilines is 1. The van der Waals surface area contributed by atoms with E-state index in [0.717, 1.165) is 10.9 Å². The Morgan fingerprint density at radius 2 is 1.80 bits per heavy atom. The van der Waals surface area contributed by atoms with E-state index in [1.54, 1.807) is 31.2 Å². The number of carboxylic acid groups (broad SMARTS) is 1. The van der Waals surface area contributed by atoms with E-state index >= 15 is 0 Å². The maximum absolute atomic E-state index is 13.1. The molecule has 1 saturated heterocycles. The Morgan fingerprint density at radius 1 is 1.10 bits per heavy atom. The molecule has 1 unspecified atom stereocenters. The summed E-state index contributed by atoms with van der Waals surface area (Å²) < 4.78 is 79.4. The van der Waals surface area contributed by atoms with Gasteiger partial charge < -0.3 is 15.3 Å². The number of halogens is 6. The number of hydrogen-bond acceptors (Lipinski definition) is 4. The van der Waals surface area contributed by atoms with Gasteiger partial charge in [-0.1, -0.05) is 6.07 Å². The van der Waals surface area contributed by atoms with Crippen LogP contribution in [0.4, 0.5) is 32.0 Å². The van der Waals surface area contributed by atoms with Crippen LogP contribution in [0, 0.1) is 12.8 Å². The van der Waals surface area contributed by atoms with Crippen molar-refractivity contribution in [1.29, 1.82) is 0 Å². The monoisotopic (exact) mass is 582 g/mol. The Morgan fingerprint density at radius 3 is 2.39 bits per heavy atom. The molecule has 1 aliphatic heterocycles. The van der Waals surface area contributed by atoms with Crippen LogP contribution in [0.1, 0.15) is 58.8 Å². The second-order valence-corrected chi connectivity index (χ2v) is 10.1. The first kappa shape index (κ1) is 29.9. The molecule has 0 spiro atoms. The standard InChI is InChI=1S/C28H28F6N4O3/c1-17-13-22(38-16-20(14-35-38)28(32,33)34)8-9-23(17)24(10-11-27(29,30)31)36-21-6-4-18(5-7-21)25(39)37-12-2-3-19(15-37)26(40)41/h4-9,13-14,16,19,24,36H,2-3,10-12,15H2,1H3,(H,40,41)/t19-,24?/m1/s1. The lowest BCUT2D eigenvalue weighted by atomic mass is 9.96. The highest BCUT2D eigenvalue weighted by molar-refractivity contribution is 5.95. The summed E-state index contributed by atoms with van der Waals surface area (Å²) in [4.78, 5) is 25.7. The van der Waals surface area contributed by atoms with Gasteiger partial charge in [-0.3, -0.25) is 9.59 Å². The number of benzene rings is 2. The summed E-state index contributed by atoms with van der Waals surface area (Å²) in [5, 5.41) is 16.1. The lowest BCUT2D eigenvalue weighted by molar-refractivity contribution is -0.143. The predicted molar refractivity (Wildman–Crippen MR) is 138 cm³/mol. The van der Waals surface area contributed by atoms with Gasteiger partial charge in [0.1, 0.15) is 0 Å². The van der Waals surface area contributed by atoms with Gasteiger partial charge in [0, 0.05) is 37.0 Å². The normalized spacial score (nSPS) is 16.9. The SMILES string of the molecule is Cc1cc(-n2cc(C(F)(F)F)cn2)ccc1C(CCC(F)(F)F)Nc1ccc(C(=O)N2CCC[C@@H](C(=O)O)C2)cc1. The molecule has 13 heteroatoms. The summed E-state index contributed by atoms with van der Waals surface area (Å²) in [5.74, 6) is -1.90. The molecule has 1 fully saturated rings. The van der Waals surface area contributed by atoms with Crippen LogP contribution in [-0.4, -0.2) is 50.9 Å². The van der Waals surface area contributed by atoms with Gasteiger partial charge in [-0.2, -0.15) is 31.4 Å². The van der Waals surface area contributed by atoms with E-state index in [-0.39, 0.29) is 18.9 Å². The molecule has 1 aromatic heterocycles. The van der Waals surface area contributed by atoms with Crippen molar-refractivity contribution >= 4 is 17.6 Å². The molecule has 1 amide bonds. The molecule has 0 bridgehead atoms. The van der Waals surface area contributed by atoms with Gasteiger partial charge in [-0.15, -0.1) is 0 Å². The number of nitrogens with zero attached hydrogens (tertiary/aromatic N) is 3.